The molecule has 0 radical (unpaired) electrons. The van der Waals surface area contributed by atoms with Gasteiger partial charge in [-0.3, -0.25) is 4.79 Å². The molecule has 0 aromatic heterocycles. The van der Waals surface area contributed by atoms with E-state index >= 15 is 0 Å². The van der Waals surface area contributed by atoms with Crippen LogP contribution in [0.15, 0.2) is 42.5 Å². The molecule has 3 aliphatic rings. The van der Waals surface area contributed by atoms with Crippen LogP contribution in [0.1, 0.15) is 49.3 Å². The van der Waals surface area contributed by atoms with Crippen molar-refractivity contribution in [1.29, 1.82) is 5.26 Å². The number of benzene rings is 2. The predicted molar refractivity (Wildman–Crippen MR) is 116 cm³/mol. The molecule has 5 nitrogen and oxygen atoms in total. The lowest BCUT2D eigenvalue weighted by molar-refractivity contribution is -0.136. The van der Waals surface area contributed by atoms with Gasteiger partial charge in [-0.25, -0.2) is 0 Å². The third-order valence-corrected chi connectivity index (χ3v) is 7.20. The van der Waals surface area contributed by atoms with Gasteiger partial charge < -0.3 is 15.3 Å². The molecular formula is C25H27N3O2. The number of nitrogens with one attached hydrogen (secondary N) is 1. The summed E-state index contributed by atoms with van der Waals surface area (Å²) in [7, 11) is 0. The average molecular weight is 402 g/mol. The Bertz CT molecular complexity index is 988. The summed E-state index contributed by atoms with van der Waals surface area (Å²) >= 11 is 0. The first-order valence-corrected chi connectivity index (χ1v) is 11.0. The van der Waals surface area contributed by atoms with Crippen molar-refractivity contribution >= 4 is 11.6 Å². The quantitative estimate of drug-likeness (QED) is 0.812. The van der Waals surface area contributed by atoms with E-state index in [1.807, 2.05) is 24.3 Å². The third-order valence-electron chi connectivity index (χ3n) is 7.20. The summed E-state index contributed by atoms with van der Waals surface area (Å²) in [5, 5.41) is 22.6. The first kappa shape index (κ1) is 19.1. The van der Waals surface area contributed by atoms with Crippen molar-refractivity contribution in [1.82, 2.24) is 4.90 Å². The summed E-state index contributed by atoms with van der Waals surface area (Å²) in [5.74, 6) is 0.689. The van der Waals surface area contributed by atoms with Crippen LogP contribution in [0.25, 0.3) is 11.1 Å². The molecule has 0 bridgehead atoms. The maximum Gasteiger partial charge on any atom is 0.226 e. The van der Waals surface area contributed by atoms with Crippen molar-refractivity contribution in [3.8, 4) is 17.2 Å². The molecule has 2 aromatic rings. The molecule has 0 unspecified atom stereocenters. The Morgan fingerprint density at radius 1 is 1.10 bits per heavy atom. The van der Waals surface area contributed by atoms with Crippen molar-refractivity contribution in [2.45, 2.75) is 44.2 Å². The highest BCUT2D eigenvalue weighted by molar-refractivity contribution is 5.81. The number of hydrogen-bond acceptors (Lipinski definition) is 4. The van der Waals surface area contributed by atoms with Gasteiger partial charge in [-0.15, -0.1) is 0 Å². The molecule has 1 saturated heterocycles. The monoisotopic (exact) mass is 401 g/mol. The normalized spacial score (nSPS) is 25.3. The Labute approximate surface area is 177 Å². The number of nitriles is 1. The molecule has 30 heavy (non-hydrogen) atoms. The molecular weight excluding hydrogens is 374 g/mol. The molecule has 2 N–H and O–H groups in total. The summed E-state index contributed by atoms with van der Waals surface area (Å²) in [6.07, 6.45) is 5.23. The van der Waals surface area contributed by atoms with E-state index in [1.165, 1.54) is 0 Å². The number of carbonyl (C=O) groups excluding carboxylic acids is 1. The van der Waals surface area contributed by atoms with E-state index in [1.54, 1.807) is 0 Å². The van der Waals surface area contributed by atoms with E-state index in [2.05, 4.69) is 34.5 Å². The third kappa shape index (κ3) is 3.16. The summed E-state index contributed by atoms with van der Waals surface area (Å²) < 4.78 is 0. The number of hydrogen-bond donors (Lipinski definition) is 2. The Kier molecular flexibility index (Phi) is 4.96. The molecule has 5 heteroatoms. The van der Waals surface area contributed by atoms with E-state index in [4.69, 9.17) is 5.26 Å². The summed E-state index contributed by atoms with van der Waals surface area (Å²) in [6.45, 7) is 0.840. The molecule has 2 aliphatic heterocycles. The average Bonchev–Trinajstić information content (AvgIpc) is 3.48. The van der Waals surface area contributed by atoms with Gasteiger partial charge in [0.2, 0.25) is 5.91 Å². The lowest BCUT2D eigenvalue weighted by Crippen LogP contribution is -2.44. The van der Waals surface area contributed by atoms with E-state index < -0.39 is 0 Å². The number of carbonyl (C=O) groups is 1. The van der Waals surface area contributed by atoms with Crippen LogP contribution in [-0.2, 0) is 4.79 Å². The second-order valence-corrected chi connectivity index (χ2v) is 8.83. The molecule has 2 heterocycles. The van der Waals surface area contributed by atoms with Gasteiger partial charge in [0.15, 0.2) is 0 Å². The van der Waals surface area contributed by atoms with Crippen molar-refractivity contribution in [3.63, 3.8) is 0 Å². The van der Waals surface area contributed by atoms with Gasteiger partial charge >= 0.3 is 0 Å². The van der Waals surface area contributed by atoms with Crippen LogP contribution in [0.2, 0.25) is 0 Å². The Morgan fingerprint density at radius 3 is 2.53 bits per heavy atom. The number of aliphatic hydroxyl groups excluding tert-OH is 1. The second-order valence-electron chi connectivity index (χ2n) is 8.83. The number of rotatable bonds is 3. The minimum Gasteiger partial charge on any atom is -0.394 e. The maximum atomic E-state index is 13.3. The van der Waals surface area contributed by atoms with Gasteiger partial charge in [0.25, 0.3) is 0 Å². The number of anilines is 1. The van der Waals surface area contributed by atoms with Crippen LogP contribution in [0.4, 0.5) is 5.69 Å². The Balaban J connectivity index is 1.53. The molecule has 154 valence electrons. The fourth-order valence-corrected chi connectivity index (χ4v) is 5.63. The highest BCUT2D eigenvalue weighted by Gasteiger charge is 2.47. The first-order valence-electron chi connectivity index (χ1n) is 11.0. The highest BCUT2D eigenvalue weighted by Crippen LogP contribution is 2.48. The zero-order valence-corrected chi connectivity index (χ0v) is 17.1. The largest absolute Gasteiger partial charge is 0.394 e. The van der Waals surface area contributed by atoms with Gasteiger partial charge in [0, 0.05) is 24.1 Å². The van der Waals surface area contributed by atoms with Crippen LogP contribution in [-0.4, -0.2) is 35.1 Å². The summed E-state index contributed by atoms with van der Waals surface area (Å²) in [6, 6.07) is 16.1. The molecule has 3 atom stereocenters. The number of amides is 1. The number of nitrogens with zero attached hydrogens (tertiary/aromatic N) is 2. The molecule has 1 saturated carbocycles. The molecule has 0 spiro atoms. The molecule has 1 amide bonds. The van der Waals surface area contributed by atoms with Crippen molar-refractivity contribution in [3.05, 3.63) is 53.6 Å². The van der Waals surface area contributed by atoms with Crippen molar-refractivity contribution < 1.29 is 9.90 Å². The van der Waals surface area contributed by atoms with E-state index in [-0.39, 0.29) is 30.5 Å². The standard InChI is InChI=1S/C25H27N3O2/c26-14-16-5-7-17(8-6-16)19-9-10-22-21(13-19)24-20(23(15-29)27-22)11-12-28(24)25(30)18-3-1-2-4-18/h5-10,13,18,20,23-24,27,29H,1-4,11-12,15H2/t20-,23-,24-/m0/s1. The van der Waals surface area contributed by atoms with Gasteiger partial charge in [0.1, 0.15) is 0 Å². The maximum absolute atomic E-state index is 13.3. The van der Waals surface area contributed by atoms with Gasteiger partial charge in [0.05, 0.1) is 30.3 Å². The van der Waals surface area contributed by atoms with Crippen LogP contribution >= 0.6 is 0 Å². The lowest BCUT2D eigenvalue weighted by atomic mass is 9.82. The zero-order chi connectivity index (χ0) is 20.7. The van der Waals surface area contributed by atoms with Crippen molar-refractivity contribution in [2.24, 2.45) is 11.8 Å². The number of aliphatic hydroxyl groups is 1. The minimum atomic E-state index is -0.0235. The summed E-state index contributed by atoms with van der Waals surface area (Å²) in [5.41, 5.74) is 4.95. The van der Waals surface area contributed by atoms with E-state index in [9.17, 15) is 9.90 Å². The van der Waals surface area contributed by atoms with Crippen LogP contribution in [0.3, 0.4) is 0 Å². The van der Waals surface area contributed by atoms with Crippen molar-refractivity contribution in [2.75, 3.05) is 18.5 Å². The molecule has 1 aliphatic carbocycles. The Hall–Kier alpha value is -2.84. The highest BCUT2D eigenvalue weighted by atomic mass is 16.3. The predicted octanol–water partition coefficient (Wildman–Crippen LogP) is 4.09. The SMILES string of the molecule is N#Cc1ccc(-c2ccc3c(c2)[C@@H]2[C@@H](CCN2C(=O)C2CCCC2)[C@H](CO)N3)cc1. The summed E-state index contributed by atoms with van der Waals surface area (Å²) in [4.78, 5) is 15.4. The molecule has 5 rings (SSSR count). The first-order chi connectivity index (χ1) is 14.7. The van der Waals surface area contributed by atoms with E-state index in [0.717, 1.165) is 61.0 Å². The van der Waals surface area contributed by atoms with Gasteiger partial charge in [-0.1, -0.05) is 31.0 Å². The van der Waals surface area contributed by atoms with Crippen LogP contribution < -0.4 is 5.32 Å². The van der Waals surface area contributed by atoms with E-state index in [0.29, 0.717) is 11.5 Å². The lowest BCUT2D eigenvalue weighted by Gasteiger charge is -2.40. The second kappa shape index (κ2) is 7.77. The fraction of sp³-hybridized carbons (Fsp3) is 0.440. The fourth-order valence-electron chi connectivity index (χ4n) is 5.63. The molecule has 2 fully saturated rings. The number of fused-ring (bicyclic) bond motifs is 3. The Morgan fingerprint density at radius 2 is 1.83 bits per heavy atom. The van der Waals surface area contributed by atoms with Gasteiger partial charge in [-0.05, 0) is 60.2 Å². The van der Waals surface area contributed by atoms with Crippen LogP contribution in [0, 0.1) is 23.2 Å². The smallest absolute Gasteiger partial charge is 0.226 e. The molecule has 2 aromatic carbocycles. The number of likely N-dealkylation sites (tertiary alicyclic amines) is 1. The van der Waals surface area contributed by atoms with Crippen LogP contribution in [0.5, 0.6) is 0 Å². The minimum absolute atomic E-state index is 0.0184. The topological polar surface area (TPSA) is 76.4 Å². The van der Waals surface area contributed by atoms with Gasteiger partial charge in [-0.2, -0.15) is 5.26 Å². The zero-order valence-electron chi connectivity index (χ0n) is 17.1.